The van der Waals surface area contributed by atoms with Crippen molar-refractivity contribution in [3.05, 3.63) is 62.8 Å². The lowest BCUT2D eigenvalue weighted by Crippen LogP contribution is -2.11. The molecule has 2 aromatic rings. The summed E-state index contributed by atoms with van der Waals surface area (Å²) in [6, 6.07) is 7.82. The Morgan fingerprint density at radius 3 is 2.57 bits per heavy atom. The topological polar surface area (TPSA) is 68.1 Å². The largest absolute Gasteiger partial charge is 0.363 e. The van der Waals surface area contributed by atoms with Crippen LogP contribution in [-0.2, 0) is 0 Å². The van der Waals surface area contributed by atoms with Gasteiger partial charge in [-0.1, -0.05) is 18.2 Å². The molecule has 5 nitrogen and oxygen atoms in total. The standard InChI is InChI=1S/C16H19N3O2/c1-10-6-5-7-15(12(10)3)13(4)18-16-11(2)8-14(9-17-16)19(20)21/h5-9,13H,1-4H3,(H,17,18). The zero-order valence-corrected chi connectivity index (χ0v) is 12.7. The lowest BCUT2D eigenvalue weighted by Gasteiger charge is -2.19. The van der Waals surface area contributed by atoms with E-state index in [1.165, 1.54) is 29.0 Å². The Kier molecular flexibility index (Phi) is 4.21. The van der Waals surface area contributed by atoms with Crippen molar-refractivity contribution in [1.29, 1.82) is 0 Å². The summed E-state index contributed by atoms with van der Waals surface area (Å²) in [5, 5.41) is 14.1. The van der Waals surface area contributed by atoms with Crippen LogP contribution in [0.1, 0.15) is 35.2 Å². The molecule has 1 heterocycles. The van der Waals surface area contributed by atoms with E-state index >= 15 is 0 Å². The lowest BCUT2D eigenvalue weighted by atomic mass is 9.98. The molecule has 1 unspecified atom stereocenters. The van der Waals surface area contributed by atoms with Gasteiger partial charge in [-0.15, -0.1) is 0 Å². The molecule has 0 aliphatic rings. The summed E-state index contributed by atoms with van der Waals surface area (Å²) < 4.78 is 0. The molecule has 0 amide bonds. The van der Waals surface area contributed by atoms with Gasteiger partial charge in [0, 0.05) is 6.07 Å². The molecule has 0 spiro atoms. The number of hydrogen-bond donors (Lipinski definition) is 1. The van der Waals surface area contributed by atoms with Crippen LogP contribution in [0.2, 0.25) is 0 Å². The highest BCUT2D eigenvalue weighted by Crippen LogP contribution is 2.25. The van der Waals surface area contributed by atoms with Crippen molar-refractivity contribution in [1.82, 2.24) is 4.98 Å². The summed E-state index contributed by atoms with van der Waals surface area (Å²) in [5.41, 5.74) is 4.47. The van der Waals surface area contributed by atoms with Crippen LogP contribution in [-0.4, -0.2) is 9.91 Å². The maximum atomic E-state index is 10.7. The van der Waals surface area contributed by atoms with Crippen molar-refractivity contribution in [2.24, 2.45) is 0 Å². The van der Waals surface area contributed by atoms with Crippen LogP contribution in [0.25, 0.3) is 0 Å². The summed E-state index contributed by atoms with van der Waals surface area (Å²) in [4.78, 5) is 14.5. The predicted molar refractivity (Wildman–Crippen MR) is 83.6 cm³/mol. The van der Waals surface area contributed by atoms with E-state index in [1.54, 1.807) is 0 Å². The fourth-order valence-electron chi connectivity index (χ4n) is 2.34. The van der Waals surface area contributed by atoms with Gasteiger partial charge in [0.1, 0.15) is 12.0 Å². The number of aryl methyl sites for hydroxylation is 2. The van der Waals surface area contributed by atoms with Crippen LogP contribution >= 0.6 is 0 Å². The fourth-order valence-corrected chi connectivity index (χ4v) is 2.34. The summed E-state index contributed by atoms with van der Waals surface area (Å²) in [5.74, 6) is 0.675. The second kappa shape index (κ2) is 5.91. The van der Waals surface area contributed by atoms with Gasteiger partial charge in [-0.25, -0.2) is 4.98 Å². The summed E-state index contributed by atoms with van der Waals surface area (Å²) >= 11 is 0. The minimum Gasteiger partial charge on any atom is -0.363 e. The van der Waals surface area contributed by atoms with Gasteiger partial charge in [0.2, 0.25) is 0 Å². The molecule has 1 atom stereocenters. The van der Waals surface area contributed by atoms with E-state index in [9.17, 15) is 10.1 Å². The fraction of sp³-hybridized carbons (Fsp3) is 0.312. The third-order valence-corrected chi connectivity index (χ3v) is 3.74. The van der Waals surface area contributed by atoms with Gasteiger partial charge >= 0.3 is 0 Å². The molecule has 0 radical (unpaired) electrons. The monoisotopic (exact) mass is 285 g/mol. The molecule has 1 aromatic heterocycles. The molecule has 110 valence electrons. The van der Waals surface area contributed by atoms with Crippen molar-refractivity contribution in [2.75, 3.05) is 5.32 Å². The smallest absolute Gasteiger partial charge is 0.287 e. The van der Waals surface area contributed by atoms with Gasteiger partial charge in [0.05, 0.1) is 11.0 Å². The van der Waals surface area contributed by atoms with E-state index < -0.39 is 4.92 Å². The van der Waals surface area contributed by atoms with Crippen molar-refractivity contribution in [2.45, 2.75) is 33.7 Å². The number of aromatic nitrogens is 1. The zero-order valence-electron chi connectivity index (χ0n) is 12.7. The van der Waals surface area contributed by atoms with E-state index in [1.807, 2.05) is 13.0 Å². The predicted octanol–water partition coefficient (Wildman–Crippen LogP) is 4.09. The molecule has 0 aliphatic heterocycles. The Bertz CT molecular complexity index is 683. The molecule has 1 aromatic carbocycles. The Morgan fingerprint density at radius 1 is 1.24 bits per heavy atom. The van der Waals surface area contributed by atoms with E-state index in [4.69, 9.17) is 0 Å². The second-order valence-electron chi connectivity index (χ2n) is 5.27. The van der Waals surface area contributed by atoms with Gasteiger partial charge in [0.25, 0.3) is 5.69 Å². The van der Waals surface area contributed by atoms with Gasteiger partial charge < -0.3 is 5.32 Å². The van der Waals surface area contributed by atoms with E-state index in [0.717, 1.165) is 5.56 Å². The van der Waals surface area contributed by atoms with E-state index in [0.29, 0.717) is 5.82 Å². The second-order valence-corrected chi connectivity index (χ2v) is 5.27. The number of rotatable bonds is 4. The molecule has 0 bridgehead atoms. The first-order chi connectivity index (χ1) is 9.90. The molecule has 0 fully saturated rings. The molecule has 0 saturated heterocycles. The zero-order chi connectivity index (χ0) is 15.6. The highest BCUT2D eigenvalue weighted by Gasteiger charge is 2.13. The first-order valence-corrected chi connectivity index (χ1v) is 6.84. The number of benzene rings is 1. The van der Waals surface area contributed by atoms with Gasteiger partial charge in [-0.3, -0.25) is 10.1 Å². The third-order valence-electron chi connectivity index (χ3n) is 3.74. The lowest BCUT2D eigenvalue weighted by molar-refractivity contribution is -0.385. The number of nitrogens with one attached hydrogen (secondary N) is 1. The Labute approximate surface area is 124 Å². The quantitative estimate of drug-likeness (QED) is 0.678. The van der Waals surface area contributed by atoms with E-state index in [2.05, 4.69) is 43.2 Å². The van der Waals surface area contributed by atoms with Crippen LogP contribution in [0.5, 0.6) is 0 Å². The van der Waals surface area contributed by atoms with Crippen LogP contribution < -0.4 is 5.32 Å². The maximum absolute atomic E-state index is 10.7. The van der Waals surface area contributed by atoms with Crippen LogP contribution in [0.4, 0.5) is 11.5 Å². The summed E-state index contributed by atoms with van der Waals surface area (Å²) in [7, 11) is 0. The van der Waals surface area contributed by atoms with Crippen molar-refractivity contribution >= 4 is 11.5 Å². The van der Waals surface area contributed by atoms with Gasteiger partial charge in [0.15, 0.2) is 0 Å². The van der Waals surface area contributed by atoms with Gasteiger partial charge in [-0.2, -0.15) is 0 Å². The first kappa shape index (κ1) is 15.0. The summed E-state index contributed by atoms with van der Waals surface area (Å²) in [6.45, 7) is 8.06. The molecule has 0 saturated carbocycles. The number of nitrogens with zero attached hydrogens (tertiary/aromatic N) is 2. The number of anilines is 1. The molecule has 5 heteroatoms. The summed E-state index contributed by atoms with van der Waals surface area (Å²) in [6.07, 6.45) is 1.28. The van der Waals surface area contributed by atoms with Crippen molar-refractivity contribution in [3.8, 4) is 0 Å². The van der Waals surface area contributed by atoms with Crippen molar-refractivity contribution < 1.29 is 4.92 Å². The molecule has 0 aliphatic carbocycles. The molecular weight excluding hydrogens is 266 g/mol. The third kappa shape index (κ3) is 3.18. The average Bonchev–Trinajstić information content (AvgIpc) is 2.43. The Hall–Kier alpha value is -2.43. The van der Waals surface area contributed by atoms with Crippen LogP contribution in [0, 0.1) is 30.9 Å². The van der Waals surface area contributed by atoms with E-state index in [-0.39, 0.29) is 11.7 Å². The highest BCUT2D eigenvalue weighted by molar-refractivity contribution is 5.50. The normalized spacial score (nSPS) is 12.0. The van der Waals surface area contributed by atoms with Crippen LogP contribution in [0.3, 0.4) is 0 Å². The number of hydrogen-bond acceptors (Lipinski definition) is 4. The average molecular weight is 285 g/mol. The molecule has 21 heavy (non-hydrogen) atoms. The SMILES string of the molecule is Cc1cc([N+](=O)[O-])cnc1NC(C)c1cccc(C)c1C. The Morgan fingerprint density at radius 2 is 1.95 bits per heavy atom. The minimum absolute atomic E-state index is 0.0115. The van der Waals surface area contributed by atoms with Crippen LogP contribution in [0.15, 0.2) is 30.5 Å². The minimum atomic E-state index is -0.433. The molecular formula is C16H19N3O2. The molecule has 1 N–H and O–H groups in total. The van der Waals surface area contributed by atoms with Gasteiger partial charge in [-0.05, 0) is 49.9 Å². The highest BCUT2D eigenvalue weighted by atomic mass is 16.6. The Balaban J connectivity index is 2.25. The number of pyridine rings is 1. The molecule has 2 rings (SSSR count). The first-order valence-electron chi connectivity index (χ1n) is 6.84. The maximum Gasteiger partial charge on any atom is 0.287 e. The van der Waals surface area contributed by atoms with Crippen molar-refractivity contribution in [3.63, 3.8) is 0 Å². The number of nitro groups is 1.